The highest BCUT2D eigenvalue weighted by molar-refractivity contribution is 5.75. The Morgan fingerprint density at radius 3 is 2.41 bits per heavy atom. The van der Waals surface area contributed by atoms with Gasteiger partial charge in [-0.1, -0.05) is 11.6 Å². The maximum atomic E-state index is 11.2. The van der Waals surface area contributed by atoms with Crippen LogP contribution in [0.5, 0.6) is 0 Å². The number of hydrogen-bond donors (Lipinski definition) is 3. The lowest BCUT2D eigenvalue weighted by atomic mass is 9.94. The molecule has 0 saturated carbocycles. The van der Waals surface area contributed by atoms with Crippen LogP contribution in [0.25, 0.3) is 0 Å². The molecule has 0 aromatic carbocycles. The van der Waals surface area contributed by atoms with E-state index in [1.54, 1.807) is 0 Å². The van der Waals surface area contributed by atoms with Crippen LogP contribution in [0.2, 0.25) is 0 Å². The number of rotatable bonds is 5. The molecule has 0 aromatic rings. The van der Waals surface area contributed by atoms with Crippen molar-refractivity contribution in [3.63, 3.8) is 0 Å². The molecule has 17 heavy (non-hydrogen) atoms. The molecule has 5 heteroatoms. The molecule has 3 atom stereocenters. The second kappa shape index (κ2) is 5.82. The number of carboxylic acid groups (broad SMARTS) is 2. The summed E-state index contributed by atoms with van der Waals surface area (Å²) in [5.74, 6) is -2.32. The van der Waals surface area contributed by atoms with Crippen molar-refractivity contribution in [2.24, 2.45) is 5.92 Å². The van der Waals surface area contributed by atoms with E-state index in [1.165, 1.54) is 0 Å². The molecule has 1 saturated heterocycles. The van der Waals surface area contributed by atoms with Gasteiger partial charge in [0.25, 0.3) is 0 Å². The van der Waals surface area contributed by atoms with Gasteiger partial charge in [0.05, 0.1) is 5.92 Å². The molecule has 1 aliphatic rings. The zero-order valence-electron chi connectivity index (χ0n) is 10.1. The first-order valence-corrected chi connectivity index (χ1v) is 5.77. The summed E-state index contributed by atoms with van der Waals surface area (Å²) in [4.78, 5) is 21.9. The molecule has 0 unspecified atom stereocenters. The SMILES string of the molecule is CC(C)=CC[C@H](C(=O)O)[C@@H]1CC[C@@H](C(=O)O)N1. The Kier molecular flexibility index (Phi) is 4.69. The van der Waals surface area contributed by atoms with E-state index in [-0.39, 0.29) is 6.04 Å². The van der Waals surface area contributed by atoms with Crippen LogP contribution < -0.4 is 5.32 Å². The minimum absolute atomic E-state index is 0.246. The Bertz CT molecular complexity index is 333. The van der Waals surface area contributed by atoms with Gasteiger partial charge in [-0.25, -0.2) is 0 Å². The molecule has 0 aliphatic carbocycles. The fraction of sp³-hybridized carbons (Fsp3) is 0.667. The molecule has 1 fully saturated rings. The lowest BCUT2D eigenvalue weighted by molar-refractivity contribution is -0.143. The largest absolute Gasteiger partial charge is 0.481 e. The summed E-state index contributed by atoms with van der Waals surface area (Å²) < 4.78 is 0. The van der Waals surface area contributed by atoms with Crippen LogP contribution in [0.1, 0.15) is 33.1 Å². The predicted octanol–water partition coefficient (Wildman–Crippen LogP) is 1.25. The van der Waals surface area contributed by atoms with E-state index in [9.17, 15) is 9.59 Å². The number of carboxylic acids is 2. The Balaban J connectivity index is 2.64. The summed E-state index contributed by atoms with van der Waals surface area (Å²) in [7, 11) is 0. The number of hydrogen-bond acceptors (Lipinski definition) is 3. The van der Waals surface area contributed by atoms with Gasteiger partial charge >= 0.3 is 11.9 Å². The first-order chi connectivity index (χ1) is 7.91. The summed E-state index contributed by atoms with van der Waals surface area (Å²) >= 11 is 0. The fourth-order valence-corrected chi connectivity index (χ4v) is 2.08. The van der Waals surface area contributed by atoms with Crippen molar-refractivity contribution in [2.75, 3.05) is 0 Å². The molecule has 0 radical (unpaired) electrons. The highest BCUT2D eigenvalue weighted by Gasteiger charge is 2.36. The molecule has 0 aromatic heterocycles. The van der Waals surface area contributed by atoms with Gasteiger partial charge in [0.15, 0.2) is 0 Å². The van der Waals surface area contributed by atoms with Crippen molar-refractivity contribution in [1.82, 2.24) is 5.32 Å². The van der Waals surface area contributed by atoms with Crippen LogP contribution in [0.3, 0.4) is 0 Å². The van der Waals surface area contributed by atoms with Gasteiger partial charge in [0.2, 0.25) is 0 Å². The molecule has 0 amide bonds. The van der Waals surface area contributed by atoms with Gasteiger partial charge in [0.1, 0.15) is 6.04 Å². The number of aliphatic carboxylic acids is 2. The molecule has 3 N–H and O–H groups in total. The van der Waals surface area contributed by atoms with Crippen molar-refractivity contribution in [3.8, 4) is 0 Å². The third-order valence-electron chi connectivity index (χ3n) is 3.06. The Hall–Kier alpha value is -1.36. The molecular weight excluding hydrogens is 222 g/mol. The summed E-state index contributed by atoms with van der Waals surface area (Å²) in [6.45, 7) is 3.84. The van der Waals surface area contributed by atoms with E-state index in [1.807, 2.05) is 19.9 Å². The molecule has 5 nitrogen and oxygen atoms in total. The van der Waals surface area contributed by atoms with Crippen molar-refractivity contribution in [1.29, 1.82) is 0 Å². The van der Waals surface area contributed by atoms with Crippen molar-refractivity contribution in [3.05, 3.63) is 11.6 Å². The second-order valence-electron chi connectivity index (χ2n) is 4.70. The van der Waals surface area contributed by atoms with E-state index in [0.29, 0.717) is 19.3 Å². The second-order valence-corrected chi connectivity index (χ2v) is 4.70. The molecule has 96 valence electrons. The Morgan fingerprint density at radius 2 is 2.00 bits per heavy atom. The number of nitrogens with one attached hydrogen (secondary N) is 1. The Morgan fingerprint density at radius 1 is 1.35 bits per heavy atom. The van der Waals surface area contributed by atoms with E-state index >= 15 is 0 Å². The fourth-order valence-electron chi connectivity index (χ4n) is 2.08. The highest BCUT2D eigenvalue weighted by Crippen LogP contribution is 2.23. The average molecular weight is 241 g/mol. The minimum atomic E-state index is -0.904. The van der Waals surface area contributed by atoms with Gasteiger partial charge in [0, 0.05) is 6.04 Å². The summed E-state index contributed by atoms with van der Waals surface area (Å²) in [6, 6.07) is -0.849. The third kappa shape index (κ3) is 3.85. The lowest BCUT2D eigenvalue weighted by Crippen LogP contribution is -2.41. The van der Waals surface area contributed by atoms with Crippen molar-refractivity contribution >= 4 is 11.9 Å². The van der Waals surface area contributed by atoms with Gasteiger partial charge < -0.3 is 15.5 Å². The maximum Gasteiger partial charge on any atom is 0.320 e. The number of allylic oxidation sites excluding steroid dienone is 2. The zero-order chi connectivity index (χ0) is 13.0. The first-order valence-electron chi connectivity index (χ1n) is 5.77. The quantitative estimate of drug-likeness (QED) is 0.630. The van der Waals surface area contributed by atoms with Crippen molar-refractivity contribution in [2.45, 2.75) is 45.2 Å². The van der Waals surface area contributed by atoms with Crippen molar-refractivity contribution < 1.29 is 19.8 Å². The summed E-state index contributed by atoms with van der Waals surface area (Å²) in [6.07, 6.45) is 3.43. The third-order valence-corrected chi connectivity index (χ3v) is 3.06. The molecule has 1 rings (SSSR count). The van der Waals surface area contributed by atoms with Crippen LogP contribution in [0.15, 0.2) is 11.6 Å². The van der Waals surface area contributed by atoms with Gasteiger partial charge in [-0.05, 0) is 33.1 Å². The van der Waals surface area contributed by atoms with Crippen LogP contribution >= 0.6 is 0 Å². The zero-order valence-corrected chi connectivity index (χ0v) is 10.1. The monoisotopic (exact) mass is 241 g/mol. The van der Waals surface area contributed by atoms with Crippen LogP contribution in [-0.2, 0) is 9.59 Å². The predicted molar refractivity (Wildman–Crippen MR) is 62.8 cm³/mol. The van der Waals surface area contributed by atoms with E-state index < -0.39 is 23.9 Å². The molecule has 1 heterocycles. The van der Waals surface area contributed by atoms with E-state index in [0.717, 1.165) is 5.57 Å². The van der Waals surface area contributed by atoms with E-state index in [4.69, 9.17) is 10.2 Å². The average Bonchev–Trinajstić information content (AvgIpc) is 2.66. The topological polar surface area (TPSA) is 86.6 Å². The highest BCUT2D eigenvalue weighted by atomic mass is 16.4. The van der Waals surface area contributed by atoms with Gasteiger partial charge in [-0.2, -0.15) is 0 Å². The van der Waals surface area contributed by atoms with Crippen LogP contribution in [-0.4, -0.2) is 34.2 Å². The first kappa shape index (κ1) is 13.7. The smallest absolute Gasteiger partial charge is 0.320 e. The van der Waals surface area contributed by atoms with Gasteiger partial charge in [-0.15, -0.1) is 0 Å². The number of carbonyl (C=O) groups is 2. The molecule has 0 spiro atoms. The van der Waals surface area contributed by atoms with Crippen LogP contribution in [0.4, 0.5) is 0 Å². The minimum Gasteiger partial charge on any atom is -0.481 e. The molecular formula is C12H19NO4. The maximum absolute atomic E-state index is 11.2. The van der Waals surface area contributed by atoms with Crippen LogP contribution in [0, 0.1) is 5.92 Å². The normalized spacial score (nSPS) is 25.3. The lowest BCUT2D eigenvalue weighted by Gasteiger charge is -2.19. The standard InChI is InChI=1S/C12H19NO4/c1-7(2)3-4-8(11(14)15)9-5-6-10(13-9)12(16)17/h3,8-10,13H,4-6H2,1-2H3,(H,14,15)(H,16,17)/t8-,9-,10-/m0/s1. The molecule has 0 bridgehead atoms. The van der Waals surface area contributed by atoms with E-state index in [2.05, 4.69) is 5.32 Å². The van der Waals surface area contributed by atoms with Gasteiger partial charge in [-0.3, -0.25) is 9.59 Å². The summed E-state index contributed by atoms with van der Waals surface area (Å²) in [5.41, 5.74) is 1.07. The Labute approximate surface area is 101 Å². The summed E-state index contributed by atoms with van der Waals surface area (Å²) in [5, 5.41) is 20.9. The molecule has 1 aliphatic heterocycles.